The van der Waals surface area contributed by atoms with Crippen LogP contribution in [0.5, 0.6) is 11.6 Å². The summed E-state index contributed by atoms with van der Waals surface area (Å²) in [5.41, 5.74) is 6.12. The fourth-order valence-corrected chi connectivity index (χ4v) is 3.44. The SMILES string of the molecule is Cc1ccc(C)c(Oc2ccc(CNC(=O)Cc3c(C)nn(CC(C)C)c3C)cn2)c1. The van der Waals surface area contributed by atoms with Crippen molar-refractivity contribution in [2.45, 2.75) is 61.1 Å². The molecular formula is C25H32N4O2. The molecule has 0 bridgehead atoms. The second kappa shape index (κ2) is 9.77. The van der Waals surface area contributed by atoms with Crippen LogP contribution in [0.15, 0.2) is 36.5 Å². The molecule has 0 fully saturated rings. The lowest BCUT2D eigenvalue weighted by Gasteiger charge is -2.10. The van der Waals surface area contributed by atoms with E-state index in [1.165, 1.54) is 0 Å². The van der Waals surface area contributed by atoms with E-state index in [-0.39, 0.29) is 5.91 Å². The molecule has 0 aliphatic carbocycles. The molecule has 0 unspecified atom stereocenters. The van der Waals surface area contributed by atoms with Crippen molar-refractivity contribution in [3.8, 4) is 11.6 Å². The minimum atomic E-state index is -0.0222. The van der Waals surface area contributed by atoms with E-state index < -0.39 is 0 Å². The van der Waals surface area contributed by atoms with Gasteiger partial charge in [0.15, 0.2) is 0 Å². The number of amides is 1. The van der Waals surface area contributed by atoms with Crippen LogP contribution in [0.4, 0.5) is 0 Å². The molecule has 3 rings (SSSR count). The number of hydrogen-bond donors (Lipinski definition) is 1. The molecule has 0 spiro atoms. The van der Waals surface area contributed by atoms with Gasteiger partial charge in [-0.05, 0) is 56.4 Å². The maximum Gasteiger partial charge on any atom is 0.224 e. The Kier molecular flexibility index (Phi) is 7.10. The van der Waals surface area contributed by atoms with Crippen LogP contribution in [0, 0.1) is 33.6 Å². The summed E-state index contributed by atoms with van der Waals surface area (Å²) in [5, 5.41) is 7.57. The number of carbonyl (C=O) groups excluding carboxylic acids is 1. The molecule has 1 aromatic carbocycles. The summed E-state index contributed by atoms with van der Waals surface area (Å²) in [4.78, 5) is 16.9. The molecule has 0 aliphatic rings. The van der Waals surface area contributed by atoms with Crippen molar-refractivity contribution in [2.24, 2.45) is 5.92 Å². The maximum absolute atomic E-state index is 12.5. The molecule has 0 aliphatic heterocycles. The first-order chi connectivity index (χ1) is 14.7. The van der Waals surface area contributed by atoms with Crippen LogP contribution in [-0.2, 0) is 24.3 Å². The van der Waals surface area contributed by atoms with Crippen molar-refractivity contribution in [3.63, 3.8) is 0 Å². The van der Waals surface area contributed by atoms with E-state index in [1.54, 1.807) is 6.20 Å². The van der Waals surface area contributed by atoms with Crippen LogP contribution in [0.3, 0.4) is 0 Å². The molecule has 6 heteroatoms. The molecule has 2 aromatic heterocycles. The van der Waals surface area contributed by atoms with Gasteiger partial charge in [-0.3, -0.25) is 9.48 Å². The van der Waals surface area contributed by atoms with Crippen LogP contribution in [-0.4, -0.2) is 20.7 Å². The molecule has 2 heterocycles. The number of hydrogen-bond acceptors (Lipinski definition) is 4. The number of ether oxygens (including phenoxy) is 1. The summed E-state index contributed by atoms with van der Waals surface area (Å²) in [6.07, 6.45) is 2.06. The van der Waals surface area contributed by atoms with Crippen molar-refractivity contribution in [2.75, 3.05) is 0 Å². The smallest absolute Gasteiger partial charge is 0.224 e. The zero-order valence-electron chi connectivity index (χ0n) is 19.3. The highest BCUT2D eigenvalue weighted by molar-refractivity contribution is 5.79. The van der Waals surface area contributed by atoms with Gasteiger partial charge in [0.05, 0.1) is 12.1 Å². The largest absolute Gasteiger partial charge is 0.439 e. The predicted octanol–water partition coefficient (Wildman–Crippen LogP) is 4.82. The first kappa shape index (κ1) is 22.5. The Labute approximate surface area is 184 Å². The molecule has 1 N–H and O–H groups in total. The molecular weight excluding hydrogens is 388 g/mol. The Morgan fingerprint density at radius 1 is 1.13 bits per heavy atom. The van der Waals surface area contributed by atoms with Crippen LogP contribution in [0.1, 0.15) is 47.5 Å². The van der Waals surface area contributed by atoms with E-state index in [2.05, 4.69) is 35.3 Å². The Morgan fingerprint density at radius 2 is 1.90 bits per heavy atom. The van der Waals surface area contributed by atoms with Crippen molar-refractivity contribution < 1.29 is 9.53 Å². The molecule has 0 atom stereocenters. The zero-order chi connectivity index (χ0) is 22.5. The maximum atomic E-state index is 12.5. The van der Waals surface area contributed by atoms with E-state index >= 15 is 0 Å². The third-order valence-electron chi connectivity index (χ3n) is 5.25. The average molecular weight is 421 g/mol. The second-order valence-corrected chi connectivity index (χ2v) is 8.55. The zero-order valence-corrected chi connectivity index (χ0v) is 19.3. The molecule has 164 valence electrons. The molecule has 0 saturated carbocycles. The van der Waals surface area contributed by atoms with Gasteiger partial charge in [0.25, 0.3) is 0 Å². The van der Waals surface area contributed by atoms with E-state index in [4.69, 9.17) is 4.74 Å². The number of nitrogens with one attached hydrogen (secondary N) is 1. The van der Waals surface area contributed by atoms with Crippen molar-refractivity contribution in [1.29, 1.82) is 0 Å². The second-order valence-electron chi connectivity index (χ2n) is 8.55. The number of aryl methyl sites for hydroxylation is 3. The Bertz CT molecular complexity index is 1050. The van der Waals surface area contributed by atoms with E-state index in [1.807, 2.05) is 56.6 Å². The summed E-state index contributed by atoms with van der Waals surface area (Å²) < 4.78 is 7.90. The molecule has 1 amide bonds. The number of aromatic nitrogens is 3. The summed E-state index contributed by atoms with van der Waals surface area (Å²) >= 11 is 0. The summed E-state index contributed by atoms with van der Waals surface area (Å²) in [6, 6.07) is 9.83. The van der Waals surface area contributed by atoms with Gasteiger partial charge in [0.1, 0.15) is 5.75 Å². The van der Waals surface area contributed by atoms with Gasteiger partial charge in [-0.2, -0.15) is 5.10 Å². The van der Waals surface area contributed by atoms with Gasteiger partial charge in [0.2, 0.25) is 11.8 Å². The van der Waals surface area contributed by atoms with E-state index in [0.29, 0.717) is 24.8 Å². The lowest BCUT2D eigenvalue weighted by molar-refractivity contribution is -0.120. The quantitative estimate of drug-likeness (QED) is 0.567. The number of carbonyl (C=O) groups is 1. The third kappa shape index (κ3) is 5.94. The minimum absolute atomic E-state index is 0.0222. The van der Waals surface area contributed by atoms with Crippen molar-refractivity contribution >= 4 is 5.91 Å². The highest BCUT2D eigenvalue weighted by Gasteiger charge is 2.15. The number of nitrogens with zero attached hydrogens (tertiary/aromatic N) is 3. The predicted molar refractivity (Wildman–Crippen MR) is 122 cm³/mol. The molecule has 31 heavy (non-hydrogen) atoms. The first-order valence-electron chi connectivity index (χ1n) is 10.7. The lowest BCUT2D eigenvalue weighted by atomic mass is 10.1. The van der Waals surface area contributed by atoms with Crippen LogP contribution in [0.2, 0.25) is 0 Å². The van der Waals surface area contributed by atoms with E-state index in [9.17, 15) is 4.79 Å². The summed E-state index contributed by atoms with van der Waals surface area (Å²) in [7, 11) is 0. The molecule has 0 saturated heterocycles. The normalized spacial score (nSPS) is 11.1. The van der Waals surface area contributed by atoms with Gasteiger partial charge in [-0.15, -0.1) is 0 Å². The Balaban J connectivity index is 1.56. The summed E-state index contributed by atoms with van der Waals surface area (Å²) in [5.74, 6) is 1.82. The highest BCUT2D eigenvalue weighted by atomic mass is 16.5. The van der Waals surface area contributed by atoms with Crippen LogP contribution in [0.25, 0.3) is 0 Å². The fraction of sp³-hybridized carbons (Fsp3) is 0.400. The standard InChI is InChI=1S/C25H32N4O2/c1-16(2)15-29-20(6)22(19(5)28-29)12-24(30)26-13-21-9-10-25(27-14-21)31-23-11-17(3)7-8-18(23)4/h7-11,14,16H,12-13,15H2,1-6H3,(H,26,30). The van der Waals surface area contributed by atoms with Gasteiger partial charge in [0, 0.05) is 36.6 Å². The third-order valence-corrected chi connectivity index (χ3v) is 5.25. The van der Waals surface area contributed by atoms with Crippen molar-refractivity contribution in [3.05, 3.63) is 70.2 Å². The van der Waals surface area contributed by atoms with E-state index in [0.717, 1.165) is 45.9 Å². The number of rotatable bonds is 8. The minimum Gasteiger partial charge on any atom is -0.439 e. The first-order valence-corrected chi connectivity index (χ1v) is 10.7. The fourth-order valence-electron chi connectivity index (χ4n) is 3.44. The molecule has 3 aromatic rings. The van der Waals surface area contributed by atoms with Gasteiger partial charge in [-0.1, -0.05) is 32.0 Å². The van der Waals surface area contributed by atoms with Gasteiger partial charge in [-0.25, -0.2) is 4.98 Å². The van der Waals surface area contributed by atoms with Crippen LogP contribution >= 0.6 is 0 Å². The monoisotopic (exact) mass is 420 g/mol. The molecule has 0 radical (unpaired) electrons. The van der Waals surface area contributed by atoms with Gasteiger partial charge >= 0.3 is 0 Å². The topological polar surface area (TPSA) is 69.0 Å². The van der Waals surface area contributed by atoms with Crippen molar-refractivity contribution in [1.82, 2.24) is 20.1 Å². The summed E-state index contributed by atoms with van der Waals surface area (Å²) in [6.45, 7) is 13.6. The number of pyridine rings is 1. The average Bonchev–Trinajstić information content (AvgIpc) is 2.97. The van der Waals surface area contributed by atoms with Gasteiger partial charge < -0.3 is 10.1 Å². The van der Waals surface area contributed by atoms with Crippen LogP contribution < -0.4 is 10.1 Å². The molecule has 6 nitrogen and oxygen atoms in total. The Hall–Kier alpha value is -3.15. The Morgan fingerprint density at radius 3 is 2.58 bits per heavy atom. The highest BCUT2D eigenvalue weighted by Crippen LogP contribution is 2.24. The number of benzene rings is 1. The lowest BCUT2D eigenvalue weighted by Crippen LogP contribution is -2.25.